The standard InChI is InChI=1S/C12H4N4.K.H/c13-5-11(6-14)9-1-2-10(4-3-9)12(7-15)8-16;;/h1-4H;;. The minimum atomic E-state index is 0. The van der Waals surface area contributed by atoms with Gasteiger partial charge in [-0.15, -0.1) is 0 Å². The second-order valence-corrected chi connectivity index (χ2v) is 2.77. The summed E-state index contributed by atoms with van der Waals surface area (Å²) in [6.45, 7) is 0. The Kier molecular flexibility index (Phi) is 7.11. The molecular formula is C12H5KN4. The van der Waals surface area contributed by atoms with Crippen LogP contribution in [-0.2, 0) is 0 Å². The Labute approximate surface area is 141 Å². The number of nitrogens with zero attached hydrogens (tertiary/aromatic N) is 4. The molecular weight excluding hydrogens is 239 g/mol. The molecule has 17 heavy (non-hydrogen) atoms. The fraction of sp³-hybridized carbons (Fsp3) is 0. The molecule has 0 bridgehead atoms. The van der Waals surface area contributed by atoms with Crippen LogP contribution in [-0.4, -0.2) is 51.4 Å². The fourth-order valence-electron chi connectivity index (χ4n) is 1.11. The maximum atomic E-state index is 8.63. The van der Waals surface area contributed by atoms with Crippen molar-refractivity contribution in [1.29, 1.82) is 21.0 Å². The number of rotatable bonds is 0. The molecule has 0 aliphatic rings. The second-order valence-electron chi connectivity index (χ2n) is 2.77. The molecule has 0 heterocycles. The van der Waals surface area contributed by atoms with E-state index in [1.807, 2.05) is 0 Å². The van der Waals surface area contributed by atoms with Crippen LogP contribution >= 0.6 is 0 Å². The van der Waals surface area contributed by atoms with Crippen LogP contribution in [0.15, 0.2) is 24.3 Å². The Hall–Kier alpha value is -1.44. The molecule has 5 heteroatoms. The van der Waals surface area contributed by atoms with Crippen LogP contribution < -0.4 is 10.4 Å². The van der Waals surface area contributed by atoms with Crippen molar-refractivity contribution in [2.75, 3.05) is 0 Å². The summed E-state index contributed by atoms with van der Waals surface area (Å²) in [4.78, 5) is 0. The Morgan fingerprint density at radius 3 is 1.06 bits per heavy atom. The summed E-state index contributed by atoms with van der Waals surface area (Å²) in [5.74, 6) is 0. The molecule has 4 nitrogen and oxygen atoms in total. The van der Waals surface area contributed by atoms with Crippen molar-refractivity contribution in [3.8, 4) is 24.3 Å². The molecule has 1 aromatic carbocycles. The van der Waals surface area contributed by atoms with Gasteiger partial charge in [-0.2, -0.15) is 21.0 Å². The van der Waals surface area contributed by atoms with E-state index in [0.29, 0.717) is 10.4 Å². The summed E-state index contributed by atoms with van der Waals surface area (Å²) in [6.07, 6.45) is 0. The zero-order valence-electron chi connectivity index (χ0n) is 8.10. The first-order valence-corrected chi connectivity index (χ1v) is 4.22. The fourth-order valence-corrected chi connectivity index (χ4v) is 1.11. The van der Waals surface area contributed by atoms with Crippen LogP contribution in [0.5, 0.6) is 0 Å². The SMILES string of the molecule is N#CC(C#N)=c1ccc(=C(C#N)C#N)cc1.[KH]. The van der Waals surface area contributed by atoms with E-state index >= 15 is 0 Å². The van der Waals surface area contributed by atoms with Gasteiger partial charge in [0.15, 0.2) is 0 Å². The van der Waals surface area contributed by atoms with Gasteiger partial charge in [-0.25, -0.2) is 0 Å². The molecule has 0 aliphatic carbocycles. The topological polar surface area (TPSA) is 95.2 Å². The molecule has 0 atom stereocenters. The third kappa shape index (κ3) is 3.81. The molecule has 0 radical (unpaired) electrons. The third-order valence-electron chi connectivity index (χ3n) is 1.91. The first-order valence-electron chi connectivity index (χ1n) is 4.22. The number of hydrogen-bond acceptors (Lipinski definition) is 4. The molecule has 0 saturated carbocycles. The molecule has 0 aromatic heterocycles. The van der Waals surface area contributed by atoms with E-state index in [1.54, 1.807) is 24.3 Å². The second kappa shape index (κ2) is 7.77. The van der Waals surface area contributed by atoms with Crippen LogP contribution in [0.25, 0.3) is 11.1 Å². The van der Waals surface area contributed by atoms with Gasteiger partial charge in [-0.05, 0) is 0 Å². The van der Waals surface area contributed by atoms with E-state index < -0.39 is 0 Å². The first kappa shape index (κ1) is 15.6. The van der Waals surface area contributed by atoms with Crippen LogP contribution in [0.1, 0.15) is 0 Å². The van der Waals surface area contributed by atoms with Gasteiger partial charge in [-0.3, -0.25) is 0 Å². The average molecular weight is 244 g/mol. The maximum absolute atomic E-state index is 8.63. The normalized spacial score (nSPS) is 7.29. The van der Waals surface area contributed by atoms with Crippen LogP contribution in [0.3, 0.4) is 0 Å². The van der Waals surface area contributed by atoms with Crippen LogP contribution in [0, 0.1) is 45.3 Å². The van der Waals surface area contributed by atoms with E-state index in [9.17, 15) is 0 Å². The van der Waals surface area contributed by atoms with Gasteiger partial charge in [0.05, 0.1) is 0 Å². The predicted octanol–water partition coefficient (Wildman–Crippen LogP) is -0.566. The minimum absolute atomic E-state index is 0. The van der Waals surface area contributed by atoms with Crippen LogP contribution in [0.4, 0.5) is 0 Å². The predicted molar refractivity (Wildman–Crippen MR) is 62.1 cm³/mol. The molecule has 0 fully saturated rings. The van der Waals surface area contributed by atoms with E-state index in [0.717, 1.165) is 0 Å². The Morgan fingerprint density at radius 2 is 0.882 bits per heavy atom. The number of nitriles is 4. The zero-order chi connectivity index (χ0) is 12.0. The Morgan fingerprint density at radius 1 is 0.647 bits per heavy atom. The summed E-state index contributed by atoms with van der Waals surface area (Å²) in [5, 5.41) is 35.5. The molecule has 0 unspecified atom stereocenters. The zero-order valence-corrected chi connectivity index (χ0v) is 8.10. The van der Waals surface area contributed by atoms with Gasteiger partial charge in [0.2, 0.25) is 0 Å². The molecule has 1 rings (SSSR count). The molecule has 0 saturated heterocycles. The first-order chi connectivity index (χ1) is 7.76. The summed E-state index contributed by atoms with van der Waals surface area (Å²) in [7, 11) is 0. The van der Waals surface area contributed by atoms with Crippen molar-refractivity contribution in [1.82, 2.24) is 0 Å². The molecule has 1 aromatic rings. The van der Waals surface area contributed by atoms with Gasteiger partial charge >= 0.3 is 51.4 Å². The third-order valence-corrected chi connectivity index (χ3v) is 1.91. The Balaban J connectivity index is 0.00000256. The molecule has 0 aliphatic heterocycles. The van der Waals surface area contributed by atoms with Gasteiger partial charge < -0.3 is 0 Å². The van der Waals surface area contributed by atoms with Gasteiger partial charge in [0.1, 0.15) is 35.4 Å². The van der Waals surface area contributed by atoms with Crippen molar-refractivity contribution in [2.45, 2.75) is 0 Å². The number of hydrogen-bond donors (Lipinski definition) is 0. The molecule has 0 amide bonds. The quantitative estimate of drug-likeness (QED) is 0.571. The summed E-state index contributed by atoms with van der Waals surface area (Å²) >= 11 is 0. The summed E-state index contributed by atoms with van der Waals surface area (Å²) < 4.78 is 0. The van der Waals surface area contributed by atoms with E-state index in [4.69, 9.17) is 21.0 Å². The van der Waals surface area contributed by atoms with Crippen molar-refractivity contribution in [3.05, 3.63) is 34.7 Å². The summed E-state index contributed by atoms with van der Waals surface area (Å²) in [6, 6.07) is 13.2. The van der Waals surface area contributed by atoms with Crippen molar-refractivity contribution >= 4 is 62.5 Å². The number of benzene rings is 1. The van der Waals surface area contributed by atoms with Gasteiger partial charge in [-0.1, -0.05) is 24.3 Å². The molecule has 0 N–H and O–H groups in total. The van der Waals surface area contributed by atoms with E-state index in [1.165, 1.54) is 24.3 Å². The average Bonchev–Trinajstić information content (AvgIpc) is 2.34. The van der Waals surface area contributed by atoms with Crippen LogP contribution in [0.2, 0.25) is 0 Å². The summed E-state index contributed by atoms with van der Waals surface area (Å²) in [5.41, 5.74) is 0.00373. The van der Waals surface area contributed by atoms with Crippen molar-refractivity contribution in [2.24, 2.45) is 0 Å². The van der Waals surface area contributed by atoms with E-state index in [-0.39, 0.29) is 62.5 Å². The van der Waals surface area contributed by atoms with Gasteiger partial charge in [0, 0.05) is 10.4 Å². The molecule has 74 valence electrons. The van der Waals surface area contributed by atoms with E-state index in [2.05, 4.69) is 0 Å². The Bertz CT molecular complexity index is 587. The monoisotopic (exact) mass is 244 g/mol. The van der Waals surface area contributed by atoms with Gasteiger partial charge in [0.25, 0.3) is 0 Å². The molecule has 0 spiro atoms. The van der Waals surface area contributed by atoms with Crippen molar-refractivity contribution in [3.63, 3.8) is 0 Å². The van der Waals surface area contributed by atoms with Crippen molar-refractivity contribution < 1.29 is 0 Å².